The van der Waals surface area contributed by atoms with Crippen LogP contribution in [0.15, 0.2) is 42.5 Å². The van der Waals surface area contributed by atoms with Gasteiger partial charge < -0.3 is 25.8 Å². The first kappa shape index (κ1) is 17.1. The quantitative estimate of drug-likeness (QED) is 0.758. The predicted molar refractivity (Wildman–Crippen MR) is 91.8 cm³/mol. The fourth-order valence-corrected chi connectivity index (χ4v) is 2.10. The molecule has 0 heterocycles. The van der Waals surface area contributed by atoms with Crippen molar-refractivity contribution in [3.8, 4) is 11.5 Å². The Bertz CT molecular complexity index is 746. The van der Waals surface area contributed by atoms with Gasteiger partial charge in [-0.2, -0.15) is 0 Å². The minimum Gasteiger partial charge on any atom is -0.493 e. The molecule has 2 aromatic carbocycles. The second kappa shape index (κ2) is 7.87. The zero-order valence-corrected chi connectivity index (χ0v) is 13.5. The van der Waals surface area contributed by atoms with E-state index >= 15 is 0 Å². The molecule has 0 fully saturated rings. The molecule has 0 aliphatic carbocycles. The van der Waals surface area contributed by atoms with Crippen LogP contribution in [-0.4, -0.2) is 25.7 Å². The summed E-state index contributed by atoms with van der Waals surface area (Å²) in [7, 11) is 1.53. The molecule has 126 valence electrons. The van der Waals surface area contributed by atoms with Crippen LogP contribution in [0, 0.1) is 0 Å². The molecule has 24 heavy (non-hydrogen) atoms. The number of ether oxygens (including phenoxy) is 2. The number of carbonyl (C=O) groups is 2. The van der Waals surface area contributed by atoms with Gasteiger partial charge in [0, 0.05) is 23.0 Å². The molecule has 0 radical (unpaired) electrons. The molecule has 0 saturated carbocycles. The molecule has 0 aliphatic heterocycles. The highest BCUT2D eigenvalue weighted by atomic mass is 16.5. The van der Waals surface area contributed by atoms with Gasteiger partial charge in [0.1, 0.15) is 0 Å². The average molecular weight is 329 g/mol. The monoisotopic (exact) mass is 329 g/mol. The lowest BCUT2D eigenvalue weighted by atomic mass is 10.2. The number of nitrogens with one attached hydrogen (secondary N) is 2. The van der Waals surface area contributed by atoms with Crippen LogP contribution in [0.1, 0.15) is 17.3 Å². The van der Waals surface area contributed by atoms with E-state index in [4.69, 9.17) is 15.2 Å². The smallest absolute Gasteiger partial charge is 0.316 e. The van der Waals surface area contributed by atoms with Gasteiger partial charge >= 0.3 is 6.03 Å². The van der Waals surface area contributed by atoms with Gasteiger partial charge in [0.15, 0.2) is 11.5 Å². The Labute approximate surface area is 139 Å². The first-order valence-electron chi connectivity index (χ1n) is 7.32. The van der Waals surface area contributed by atoms with Gasteiger partial charge in [-0.3, -0.25) is 4.79 Å². The van der Waals surface area contributed by atoms with Gasteiger partial charge in [-0.25, -0.2) is 4.79 Å². The third kappa shape index (κ3) is 4.39. The summed E-state index contributed by atoms with van der Waals surface area (Å²) in [5.74, 6) is 0.804. The summed E-state index contributed by atoms with van der Waals surface area (Å²) < 4.78 is 10.7. The molecule has 7 heteroatoms. The molecular weight excluding hydrogens is 310 g/mol. The fourth-order valence-electron chi connectivity index (χ4n) is 2.10. The molecule has 7 nitrogen and oxygen atoms in total. The van der Waals surface area contributed by atoms with Crippen LogP contribution >= 0.6 is 0 Å². The highest BCUT2D eigenvalue weighted by molar-refractivity contribution is 6.05. The number of primary amides is 1. The molecule has 4 N–H and O–H groups in total. The van der Waals surface area contributed by atoms with Crippen molar-refractivity contribution in [3.05, 3.63) is 48.0 Å². The third-order valence-corrected chi connectivity index (χ3v) is 3.11. The number of nitrogens with two attached hydrogens (primary N) is 1. The van der Waals surface area contributed by atoms with Crippen molar-refractivity contribution in [3.63, 3.8) is 0 Å². The van der Waals surface area contributed by atoms with Crippen molar-refractivity contribution in [1.29, 1.82) is 0 Å². The highest BCUT2D eigenvalue weighted by Crippen LogP contribution is 2.30. The standard InChI is InChI=1S/C17H19N3O4/c1-3-24-14-8-7-13(10-15(14)23-2)19-16(21)11-5-4-6-12(9-11)20-17(18)22/h4-10H,3H2,1-2H3,(H,19,21)(H3,18,20,22). The maximum atomic E-state index is 12.3. The molecule has 0 bridgehead atoms. The van der Waals surface area contributed by atoms with Crippen LogP contribution in [0.25, 0.3) is 0 Å². The van der Waals surface area contributed by atoms with E-state index in [1.807, 2.05) is 6.92 Å². The lowest BCUT2D eigenvalue weighted by Crippen LogP contribution is -2.19. The summed E-state index contributed by atoms with van der Waals surface area (Å²) in [5, 5.41) is 5.19. The second-order valence-corrected chi connectivity index (χ2v) is 4.82. The largest absolute Gasteiger partial charge is 0.493 e. The number of anilines is 2. The van der Waals surface area contributed by atoms with Crippen molar-refractivity contribution >= 4 is 23.3 Å². The Morgan fingerprint density at radius 1 is 1.04 bits per heavy atom. The second-order valence-electron chi connectivity index (χ2n) is 4.82. The minimum absolute atomic E-state index is 0.325. The highest BCUT2D eigenvalue weighted by Gasteiger charge is 2.10. The Kier molecular flexibility index (Phi) is 5.62. The van der Waals surface area contributed by atoms with Gasteiger partial charge in [-0.15, -0.1) is 0 Å². The van der Waals surface area contributed by atoms with E-state index in [2.05, 4.69) is 10.6 Å². The van der Waals surface area contributed by atoms with E-state index < -0.39 is 6.03 Å². The summed E-state index contributed by atoms with van der Waals surface area (Å²) in [6.07, 6.45) is 0. The summed E-state index contributed by atoms with van der Waals surface area (Å²) in [6, 6.07) is 10.9. The van der Waals surface area contributed by atoms with Gasteiger partial charge in [-0.05, 0) is 37.3 Å². The van der Waals surface area contributed by atoms with Crippen LogP contribution in [0.3, 0.4) is 0 Å². The van der Waals surface area contributed by atoms with E-state index in [9.17, 15) is 9.59 Å². The summed E-state index contributed by atoms with van der Waals surface area (Å²) in [5.41, 5.74) is 6.46. The summed E-state index contributed by atoms with van der Waals surface area (Å²) >= 11 is 0. The zero-order chi connectivity index (χ0) is 17.5. The predicted octanol–water partition coefficient (Wildman–Crippen LogP) is 2.84. The SMILES string of the molecule is CCOc1ccc(NC(=O)c2cccc(NC(N)=O)c2)cc1OC. The molecule has 0 spiro atoms. The molecule has 3 amide bonds. The Hall–Kier alpha value is -3.22. The summed E-state index contributed by atoms with van der Waals surface area (Å²) in [4.78, 5) is 23.2. The number of urea groups is 1. The maximum absolute atomic E-state index is 12.3. The maximum Gasteiger partial charge on any atom is 0.316 e. The zero-order valence-electron chi connectivity index (χ0n) is 13.5. The van der Waals surface area contributed by atoms with Crippen molar-refractivity contribution < 1.29 is 19.1 Å². The Morgan fingerprint density at radius 2 is 1.79 bits per heavy atom. The number of amides is 3. The number of carbonyl (C=O) groups excluding carboxylic acids is 2. The van der Waals surface area contributed by atoms with Gasteiger partial charge in [-0.1, -0.05) is 6.07 Å². The molecule has 0 aromatic heterocycles. The van der Waals surface area contributed by atoms with Crippen LogP contribution in [0.2, 0.25) is 0 Å². The Morgan fingerprint density at radius 3 is 2.46 bits per heavy atom. The van der Waals surface area contributed by atoms with E-state index in [-0.39, 0.29) is 5.91 Å². The van der Waals surface area contributed by atoms with Gasteiger partial charge in [0.05, 0.1) is 13.7 Å². The van der Waals surface area contributed by atoms with Crippen molar-refractivity contribution in [2.75, 3.05) is 24.4 Å². The fraction of sp³-hybridized carbons (Fsp3) is 0.176. The van der Waals surface area contributed by atoms with Crippen LogP contribution in [-0.2, 0) is 0 Å². The number of benzene rings is 2. The first-order chi connectivity index (χ1) is 11.5. The topological polar surface area (TPSA) is 103 Å². The lowest BCUT2D eigenvalue weighted by Gasteiger charge is -2.12. The van der Waals surface area contributed by atoms with Crippen molar-refractivity contribution in [2.45, 2.75) is 6.92 Å². The lowest BCUT2D eigenvalue weighted by molar-refractivity contribution is 0.102. The Balaban J connectivity index is 2.16. The van der Waals surface area contributed by atoms with E-state index in [0.29, 0.717) is 35.0 Å². The summed E-state index contributed by atoms with van der Waals surface area (Å²) in [6.45, 7) is 2.39. The third-order valence-electron chi connectivity index (χ3n) is 3.11. The molecular formula is C17H19N3O4. The molecule has 0 saturated heterocycles. The van der Waals surface area contributed by atoms with Crippen LogP contribution < -0.4 is 25.8 Å². The van der Waals surface area contributed by atoms with Crippen molar-refractivity contribution in [2.24, 2.45) is 5.73 Å². The van der Waals surface area contributed by atoms with Crippen molar-refractivity contribution in [1.82, 2.24) is 0 Å². The van der Waals surface area contributed by atoms with Gasteiger partial charge in [0.2, 0.25) is 0 Å². The van der Waals surface area contributed by atoms with Gasteiger partial charge in [0.25, 0.3) is 5.91 Å². The molecule has 0 aliphatic rings. The van der Waals surface area contributed by atoms with E-state index in [1.165, 1.54) is 13.2 Å². The van der Waals surface area contributed by atoms with Crippen LogP contribution in [0.5, 0.6) is 11.5 Å². The average Bonchev–Trinajstić information content (AvgIpc) is 2.56. The first-order valence-corrected chi connectivity index (χ1v) is 7.32. The number of hydrogen-bond donors (Lipinski definition) is 3. The van der Waals surface area contributed by atoms with E-state index in [0.717, 1.165) is 0 Å². The molecule has 0 atom stereocenters. The molecule has 2 rings (SSSR count). The van der Waals surface area contributed by atoms with Crippen LogP contribution in [0.4, 0.5) is 16.2 Å². The normalized spacial score (nSPS) is 9.92. The number of hydrogen-bond acceptors (Lipinski definition) is 4. The minimum atomic E-state index is -0.691. The number of methoxy groups -OCH3 is 1. The molecule has 0 unspecified atom stereocenters. The number of rotatable bonds is 6. The molecule has 2 aromatic rings. The van der Waals surface area contributed by atoms with E-state index in [1.54, 1.807) is 36.4 Å².